The lowest BCUT2D eigenvalue weighted by molar-refractivity contribution is -0.122. The summed E-state index contributed by atoms with van der Waals surface area (Å²) in [4.78, 5) is 38.5. The monoisotopic (exact) mass is 470 g/mol. The maximum atomic E-state index is 12.7. The normalized spacial score (nSPS) is 17.0. The highest BCUT2D eigenvalue weighted by Gasteiger charge is 2.29. The molecule has 0 aliphatic carbocycles. The van der Waals surface area contributed by atoms with Crippen LogP contribution in [0.3, 0.4) is 0 Å². The minimum atomic E-state index is -3.81. The van der Waals surface area contributed by atoms with Gasteiger partial charge in [0, 0.05) is 43.9 Å². The molecule has 0 bridgehead atoms. The van der Waals surface area contributed by atoms with Crippen molar-refractivity contribution in [2.45, 2.75) is 24.3 Å². The average molecular weight is 471 g/mol. The Kier molecular flexibility index (Phi) is 6.75. The van der Waals surface area contributed by atoms with E-state index in [0.717, 1.165) is 35.8 Å². The Bertz CT molecular complexity index is 1160. The molecule has 0 unspecified atom stereocenters. The van der Waals surface area contributed by atoms with Crippen LogP contribution in [0.4, 0.5) is 0 Å². The predicted octanol–water partition coefficient (Wildman–Crippen LogP) is 0.973. The molecule has 0 atom stereocenters. The number of benzene rings is 2. The van der Waals surface area contributed by atoms with E-state index < -0.39 is 10.0 Å². The minimum absolute atomic E-state index is 0.00339. The van der Waals surface area contributed by atoms with Gasteiger partial charge in [-0.25, -0.2) is 8.42 Å². The molecule has 33 heavy (non-hydrogen) atoms. The summed E-state index contributed by atoms with van der Waals surface area (Å²) < 4.78 is 26.6. The van der Waals surface area contributed by atoms with Gasteiger partial charge in [0.15, 0.2) is 0 Å². The zero-order chi connectivity index (χ0) is 23.4. The molecule has 2 fully saturated rings. The molecule has 3 amide bonds. The molecule has 2 aliphatic heterocycles. The van der Waals surface area contributed by atoms with E-state index in [2.05, 4.69) is 10.6 Å². The lowest BCUT2D eigenvalue weighted by Crippen LogP contribution is -2.49. The number of carbonyl (C=O) groups is 3. The van der Waals surface area contributed by atoms with Gasteiger partial charge in [-0.15, -0.1) is 0 Å². The molecule has 4 rings (SSSR count). The van der Waals surface area contributed by atoms with Gasteiger partial charge in [0.1, 0.15) is 0 Å². The smallest absolute Gasteiger partial charge is 0.253 e. The Hall–Kier alpha value is -3.24. The minimum Gasteiger partial charge on any atom is -0.354 e. The summed E-state index contributed by atoms with van der Waals surface area (Å²) >= 11 is 0. The van der Waals surface area contributed by atoms with Gasteiger partial charge in [0.05, 0.1) is 11.4 Å². The molecule has 0 saturated carbocycles. The number of hydrogen-bond acceptors (Lipinski definition) is 5. The van der Waals surface area contributed by atoms with E-state index >= 15 is 0 Å². The summed E-state index contributed by atoms with van der Waals surface area (Å²) in [5.74, 6) is -0.691. The van der Waals surface area contributed by atoms with Crippen molar-refractivity contribution in [3.05, 3.63) is 65.2 Å². The number of nitrogens with zero attached hydrogens (tertiary/aromatic N) is 2. The van der Waals surface area contributed by atoms with E-state index in [1.165, 1.54) is 24.3 Å². The Morgan fingerprint density at radius 3 is 2.39 bits per heavy atom. The Morgan fingerprint density at radius 2 is 1.70 bits per heavy atom. The first-order chi connectivity index (χ1) is 15.8. The van der Waals surface area contributed by atoms with E-state index in [-0.39, 0.29) is 48.8 Å². The van der Waals surface area contributed by atoms with Crippen molar-refractivity contribution in [3.8, 4) is 0 Å². The lowest BCUT2D eigenvalue weighted by atomic mass is 10.1. The van der Waals surface area contributed by atoms with Crippen LogP contribution in [0.1, 0.15) is 39.1 Å². The third kappa shape index (κ3) is 5.23. The van der Waals surface area contributed by atoms with Gasteiger partial charge >= 0.3 is 0 Å². The number of piperazine rings is 1. The fourth-order valence-electron chi connectivity index (χ4n) is 3.95. The number of rotatable bonds is 6. The largest absolute Gasteiger partial charge is 0.354 e. The van der Waals surface area contributed by atoms with E-state index in [4.69, 9.17) is 0 Å². The SMILES string of the molecule is O=C1CN(S(=O)(=O)c2ccc(C(=O)NCc3cccc(C(=O)N4CCCC4)c3)cc2)CCN1. The maximum absolute atomic E-state index is 12.7. The van der Waals surface area contributed by atoms with E-state index in [9.17, 15) is 22.8 Å². The van der Waals surface area contributed by atoms with Crippen LogP contribution in [0.2, 0.25) is 0 Å². The number of amides is 3. The van der Waals surface area contributed by atoms with E-state index in [1.54, 1.807) is 18.2 Å². The van der Waals surface area contributed by atoms with Gasteiger partial charge in [0.25, 0.3) is 11.8 Å². The van der Waals surface area contributed by atoms with Crippen LogP contribution in [0, 0.1) is 0 Å². The van der Waals surface area contributed by atoms with Gasteiger partial charge in [0.2, 0.25) is 15.9 Å². The van der Waals surface area contributed by atoms with Crippen molar-refractivity contribution in [1.82, 2.24) is 19.8 Å². The topological polar surface area (TPSA) is 116 Å². The van der Waals surface area contributed by atoms with Crippen molar-refractivity contribution in [3.63, 3.8) is 0 Å². The molecular formula is C23H26N4O5S. The van der Waals surface area contributed by atoms with E-state index in [0.29, 0.717) is 11.1 Å². The molecule has 2 N–H and O–H groups in total. The molecule has 0 aromatic heterocycles. The lowest BCUT2D eigenvalue weighted by Gasteiger charge is -2.25. The molecule has 10 heteroatoms. The first-order valence-electron chi connectivity index (χ1n) is 10.9. The zero-order valence-electron chi connectivity index (χ0n) is 18.1. The first kappa shape index (κ1) is 22.9. The average Bonchev–Trinajstić information content (AvgIpc) is 3.37. The Balaban J connectivity index is 1.38. The first-order valence-corrected chi connectivity index (χ1v) is 12.3. The van der Waals surface area contributed by atoms with Gasteiger partial charge in [-0.1, -0.05) is 12.1 Å². The van der Waals surface area contributed by atoms with Crippen molar-refractivity contribution in [2.24, 2.45) is 0 Å². The summed E-state index contributed by atoms with van der Waals surface area (Å²) in [6.07, 6.45) is 2.05. The number of likely N-dealkylation sites (tertiary alicyclic amines) is 1. The second-order valence-corrected chi connectivity index (χ2v) is 10.0. The van der Waals surface area contributed by atoms with Crippen LogP contribution in [-0.4, -0.2) is 68.1 Å². The standard InChI is InChI=1S/C23H26N4O5S/c28-21-16-27(13-10-24-21)33(31,32)20-8-6-18(7-9-20)22(29)25-15-17-4-3-5-19(14-17)23(30)26-11-1-2-12-26/h3-9,14H,1-2,10-13,15-16H2,(H,24,28)(H,25,29). The number of carbonyl (C=O) groups excluding carboxylic acids is 3. The summed E-state index contributed by atoms with van der Waals surface area (Å²) in [7, 11) is -3.81. The summed E-state index contributed by atoms with van der Waals surface area (Å²) in [5, 5.41) is 5.39. The Morgan fingerprint density at radius 1 is 0.970 bits per heavy atom. The molecule has 9 nitrogen and oxygen atoms in total. The van der Waals surface area contributed by atoms with Crippen molar-refractivity contribution >= 4 is 27.7 Å². The van der Waals surface area contributed by atoms with Crippen LogP contribution in [0.25, 0.3) is 0 Å². The number of nitrogens with one attached hydrogen (secondary N) is 2. The molecule has 2 aromatic rings. The fourth-order valence-corrected chi connectivity index (χ4v) is 5.35. The predicted molar refractivity (Wildman–Crippen MR) is 121 cm³/mol. The van der Waals surface area contributed by atoms with Crippen LogP contribution in [-0.2, 0) is 21.4 Å². The highest BCUT2D eigenvalue weighted by atomic mass is 32.2. The summed E-state index contributed by atoms with van der Waals surface area (Å²) in [6.45, 7) is 2.04. The van der Waals surface area contributed by atoms with Crippen LogP contribution < -0.4 is 10.6 Å². The molecule has 174 valence electrons. The second-order valence-electron chi connectivity index (χ2n) is 8.10. The van der Waals surface area contributed by atoms with Crippen molar-refractivity contribution < 1.29 is 22.8 Å². The quantitative estimate of drug-likeness (QED) is 0.653. The maximum Gasteiger partial charge on any atom is 0.253 e. The van der Waals surface area contributed by atoms with E-state index in [1.807, 2.05) is 11.0 Å². The fraction of sp³-hybridized carbons (Fsp3) is 0.348. The highest BCUT2D eigenvalue weighted by molar-refractivity contribution is 7.89. The van der Waals surface area contributed by atoms with Gasteiger partial charge in [-0.2, -0.15) is 4.31 Å². The molecular weight excluding hydrogens is 444 g/mol. The summed E-state index contributed by atoms with van der Waals surface area (Å²) in [5.41, 5.74) is 1.72. The molecule has 0 spiro atoms. The van der Waals surface area contributed by atoms with Gasteiger partial charge < -0.3 is 15.5 Å². The van der Waals surface area contributed by atoms with Crippen LogP contribution >= 0.6 is 0 Å². The molecule has 2 aromatic carbocycles. The van der Waals surface area contributed by atoms with Crippen LogP contribution in [0.5, 0.6) is 0 Å². The molecule has 2 saturated heterocycles. The van der Waals surface area contributed by atoms with Gasteiger partial charge in [-0.05, 0) is 54.8 Å². The number of sulfonamides is 1. The third-order valence-corrected chi connectivity index (χ3v) is 7.64. The molecule has 2 aliphatic rings. The second kappa shape index (κ2) is 9.72. The van der Waals surface area contributed by atoms with Crippen molar-refractivity contribution in [2.75, 3.05) is 32.7 Å². The Labute approximate surface area is 192 Å². The van der Waals surface area contributed by atoms with Crippen LogP contribution in [0.15, 0.2) is 53.4 Å². The highest BCUT2D eigenvalue weighted by Crippen LogP contribution is 2.18. The zero-order valence-corrected chi connectivity index (χ0v) is 18.9. The van der Waals surface area contributed by atoms with Gasteiger partial charge in [-0.3, -0.25) is 14.4 Å². The third-order valence-electron chi connectivity index (χ3n) is 5.78. The molecule has 2 heterocycles. The summed E-state index contributed by atoms with van der Waals surface area (Å²) in [6, 6.07) is 12.8. The molecule has 0 radical (unpaired) electrons. The van der Waals surface area contributed by atoms with Crippen molar-refractivity contribution in [1.29, 1.82) is 0 Å². The number of hydrogen-bond donors (Lipinski definition) is 2.